The highest BCUT2D eigenvalue weighted by Crippen LogP contribution is 2.14. The molecule has 1 saturated heterocycles. The van der Waals surface area contributed by atoms with Crippen LogP contribution in [0.2, 0.25) is 0 Å². The highest BCUT2D eigenvalue weighted by Gasteiger charge is 2.16. The third-order valence-electron chi connectivity index (χ3n) is 2.93. The van der Waals surface area contributed by atoms with Gasteiger partial charge < -0.3 is 9.47 Å². The van der Waals surface area contributed by atoms with E-state index in [1.807, 2.05) is 25.1 Å². The number of nitrogens with one attached hydrogen (secondary N) is 1. The summed E-state index contributed by atoms with van der Waals surface area (Å²) in [6.07, 6.45) is 3.37. The molecular weight excluding hydrogens is 214 g/mol. The molecule has 0 unspecified atom stereocenters. The summed E-state index contributed by atoms with van der Waals surface area (Å²) in [5, 5.41) is 3.34. The van der Waals surface area contributed by atoms with Crippen LogP contribution in [-0.4, -0.2) is 19.1 Å². The molecule has 0 bridgehead atoms. The molecule has 2 atom stereocenters. The number of benzene rings is 1. The minimum absolute atomic E-state index is 0.0259. The minimum atomic E-state index is -0.0259. The molecule has 1 aliphatic rings. The van der Waals surface area contributed by atoms with E-state index in [0.717, 1.165) is 26.0 Å². The Kier molecular flexibility index (Phi) is 4.98. The van der Waals surface area contributed by atoms with Crippen molar-refractivity contribution in [3.8, 4) is 0 Å². The SMILES string of the molecule is C[C@@H](NCc1ccccc1)O[C@@H]1CCCCO1. The summed E-state index contributed by atoms with van der Waals surface area (Å²) in [7, 11) is 0. The Morgan fingerprint density at radius 2 is 2.18 bits per heavy atom. The van der Waals surface area contributed by atoms with Crippen LogP contribution in [0.15, 0.2) is 30.3 Å². The normalized spacial score (nSPS) is 22.3. The van der Waals surface area contributed by atoms with E-state index in [4.69, 9.17) is 9.47 Å². The Hall–Kier alpha value is -0.900. The maximum Gasteiger partial charge on any atom is 0.159 e. The van der Waals surface area contributed by atoms with E-state index < -0.39 is 0 Å². The molecule has 0 radical (unpaired) electrons. The molecule has 17 heavy (non-hydrogen) atoms. The van der Waals surface area contributed by atoms with E-state index in [1.165, 1.54) is 12.0 Å². The molecule has 1 aliphatic heterocycles. The van der Waals surface area contributed by atoms with Crippen LogP contribution in [0, 0.1) is 0 Å². The highest BCUT2D eigenvalue weighted by atomic mass is 16.7. The van der Waals surface area contributed by atoms with Crippen molar-refractivity contribution in [3.05, 3.63) is 35.9 Å². The molecule has 1 fully saturated rings. The summed E-state index contributed by atoms with van der Waals surface area (Å²) in [5.41, 5.74) is 1.27. The number of hydrogen-bond donors (Lipinski definition) is 1. The largest absolute Gasteiger partial charge is 0.353 e. The standard InChI is InChI=1S/C14H21NO2/c1-12(17-14-9-5-6-10-16-14)15-11-13-7-3-2-4-8-13/h2-4,7-8,12,14-15H,5-6,9-11H2,1H3/t12-,14+/m0/s1. The van der Waals surface area contributed by atoms with Gasteiger partial charge in [-0.1, -0.05) is 30.3 Å². The molecule has 1 heterocycles. The van der Waals surface area contributed by atoms with E-state index in [9.17, 15) is 0 Å². The third-order valence-corrected chi connectivity index (χ3v) is 2.93. The Morgan fingerprint density at radius 1 is 1.35 bits per heavy atom. The fourth-order valence-corrected chi connectivity index (χ4v) is 1.95. The Bertz CT molecular complexity index is 309. The first-order valence-electron chi connectivity index (χ1n) is 6.39. The highest BCUT2D eigenvalue weighted by molar-refractivity contribution is 5.14. The van der Waals surface area contributed by atoms with E-state index in [-0.39, 0.29) is 12.5 Å². The first-order valence-corrected chi connectivity index (χ1v) is 6.39. The summed E-state index contributed by atoms with van der Waals surface area (Å²) in [6.45, 7) is 3.69. The zero-order valence-electron chi connectivity index (χ0n) is 10.4. The van der Waals surface area contributed by atoms with Gasteiger partial charge in [-0.15, -0.1) is 0 Å². The predicted molar refractivity (Wildman–Crippen MR) is 67.4 cm³/mol. The number of hydrogen-bond acceptors (Lipinski definition) is 3. The van der Waals surface area contributed by atoms with E-state index in [1.54, 1.807) is 0 Å². The first kappa shape index (κ1) is 12.6. The average molecular weight is 235 g/mol. The number of ether oxygens (including phenoxy) is 2. The van der Waals surface area contributed by atoms with Gasteiger partial charge in [-0.2, -0.15) is 0 Å². The second-order valence-corrected chi connectivity index (χ2v) is 4.44. The summed E-state index contributed by atoms with van der Waals surface area (Å²) in [6, 6.07) is 10.3. The van der Waals surface area contributed by atoms with Gasteiger partial charge in [-0.3, -0.25) is 5.32 Å². The maximum absolute atomic E-state index is 5.78. The molecule has 0 spiro atoms. The quantitative estimate of drug-likeness (QED) is 0.796. The maximum atomic E-state index is 5.78. The molecule has 0 aliphatic carbocycles. The molecule has 1 aromatic carbocycles. The van der Waals surface area contributed by atoms with Crippen molar-refractivity contribution in [3.63, 3.8) is 0 Å². The molecule has 0 amide bonds. The topological polar surface area (TPSA) is 30.5 Å². The molecular formula is C14H21NO2. The van der Waals surface area contributed by atoms with Crippen molar-refractivity contribution < 1.29 is 9.47 Å². The van der Waals surface area contributed by atoms with Crippen LogP contribution in [0.1, 0.15) is 31.7 Å². The Morgan fingerprint density at radius 3 is 2.88 bits per heavy atom. The van der Waals surface area contributed by atoms with Crippen molar-refractivity contribution in [2.75, 3.05) is 6.61 Å². The number of rotatable bonds is 5. The van der Waals surface area contributed by atoms with E-state index >= 15 is 0 Å². The molecule has 2 rings (SSSR count). The van der Waals surface area contributed by atoms with E-state index in [2.05, 4.69) is 17.4 Å². The van der Waals surface area contributed by atoms with Crippen LogP contribution in [0.5, 0.6) is 0 Å². The fraction of sp³-hybridized carbons (Fsp3) is 0.571. The lowest BCUT2D eigenvalue weighted by atomic mass is 10.2. The molecule has 1 N–H and O–H groups in total. The van der Waals surface area contributed by atoms with Crippen LogP contribution < -0.4 is 5.32 Å². The van der Waals surface area contributed by atoms with Gasteiger partial charge in [0.1, 0.15) is 6.23 Å². The molecule has 0 aromatic heterocycles. The monoisotopic (exact) mass is 235 g/mol. The summed E-state index contributed by atoms with van der Waals surface area (Å²) in [4.78, 5) is 0. The van der Waals surface area contributed by atoms with Crippen LogP contribution in [-0.2, 0) is 16.0 Å². The molecule has 3 nitrogen and oxygen atoms in total. The van der Waals surface area contributed by atoms with Crippen LogP contribution in [0.4, 0.5) is 0 Å². The molecule has 94 valence electrons. The summed E-state index contributed by atoms with van der Waals surface area (Å²) in [5.74, 6) is 0. The van der Waals surface area contributed by atoms with Gasteiger partial charge in [-0.25, -0.2) is 0 Å². The second kappa shape index (κ2) is 6.74. The van der Waals surface area contributed by atoms with Crippen LogP contribution in [0.3, 0.4) is 0 Å². The van der Waals surface area contributed by atoms with Gasteiger partial charge >= 0.3 is 0 Å². The summed E-state index contributed by atoms with van der Waals surface area (Å²) >= 11 is 0. The third kappa shape index (κ3) is 4.46. The van der Waals surface area contributed by atoms with Gasteiger partial charge in [0.2, 0.25) is 0 Å². The lowest BCUT2D eigenvalue weighted by Gasteiger charge is -2.26. The fourth-order valence-electron chi connectivity index (χ4n) is 1.95. The first-order chi connectivity index (χ1) is 8.34. The van der Waals surface area contributed by atoms with Gasteiger partial charge in [0.25, 0.3) is 0 Å². The molecule has 1 aromatic rings. The predicted octanol–water partition coefficient (Wildman–Crippen LogP) is 2.67. The van der Waals surface area contributed by atoms with Crippen molar-refractivity contribution in [2.24, 2.45) is 0 Å². The van der Waals surface area contributed by atoms with Gasteiger partial charge in [0.05, 0.1) is 0 Å². The smallest absolute Gasteiger partial charge is 0.159 e. The van der Waals surface area contributed by atoms with Crippen molar-refractivity contribution in [1.29, 1.82) is 0 Å². The van der Waals surface area contributed by atoms with Crippen LogP contribution >= 0.6 is 0 Å². The average Bonchev–Trinajstić information content (AvgIpc) is 2.39. The lowest BCUT2D eigenvalue weighted by molar-refractivity contribution is -0.190. The zero-order valence-corrected chi connectivity index (χ0v) is 10.4. The van der Waals surface area contributed by atoms with Crippen molar-refractivity contribution >= 4 is 0 Å². The van der Waals surface area contributed by atoms with Gasteiger partial charge in [0.15, 0.2) is 6.29 Å². The Labute approximate surface area is 103 Å². The van der Waals surface area contributed by atoms with Crippen molar-refractivity contribution in [2.45, 2.75) is 45.2 Å². The Balaban J connectivity index is 1.68. The van der Waals surface area contributed by atoms with Gasteiger partial charge in [0, 0.05) is 13.2 Å². The van der Waals surface area contributed by atoms with Crippen molar-refractivity contribution in [1.82, 2.24) is 5.32 Å². The van der Waals surface area contributed by atoms with E-state index in [0.29, 0.717) is 0 Å². The minimum Gasteiger partial charge on any atom is -0.353 e. The van der Waals surface area contributed by atoms with Gasteiger partial charge in [-0.05, 0) is 31.7 Å². The lowest BCUT2D eigenvalue weighted by Crippen LogP contribution is -2.35. The van der Waals surface area contributed by atoms with Crippen LogP contribution in [0.25, 0.3) is 0 Å². The second-order valence-electron chi connectivity index (χ2n) is 4.44. The molecule has 3 heteroatoms. The summed E-state index contributed by atoms with van der Waals surface area (Å²) < 4.78 is 11.3. The zero-order chi connectivity index (χ0) is 11.9. The molecule has 0 saturated carbocycles.